The summed E-state index contributed by atoms with van der Waals surface area (Å²) in [5, 5.41) is 19.8. The Morgan fingerprint density at radius 2 is 2.17 bits per heavy atom. The van der Waals surface area contributed by atoms with Crippen LogP contribution in [0.2, 0.25) is 0 Å². The number of hydrogen-bond acceptors (Lipinski definition) is 4. The number of hydrogen-bond donors (Lipinski definition) is 3. The van der Waals surface area contributed by atoms with Crippen LogP contribution in [0.5, 0.6) is 0 Å². The summed E-state index contributed by atoms with van der Waals surface area (Å²) >= 11 is 1.10. The molecule has 5 nitrogen and oxygen atoms in total. The quantitative estimate of drug-likeness (QED) is 0.549. The summed E-state index contributed by atoms with van der Waals surface area (Å²) in [5.74, 6) is -1.75. The normalized spacial score (nSPS) is 34.9. The smallest absolute Gasteiger partial charge is 0.334 e. The molecule has 0 aromatic rings. The Kier molecular flexibility index (Phi) is 2.29. The fourth-order valence-electron chi connectivity index (χ4n) is 0.922. The predicted molar refractivity (Wildman–Crippen MR) is 43.1 cm³/mol. The summed E-state index contributed by atoms with van der Waals surface area (Å²) in [6.07, 6.45) is 0. The van der Waals surface area contributed by atoms with Crippen LogP contribution in [-0.4, -0.2) is 38.8 Å². The van der Waals surface area contributed by atoms with Gasteiger partial charge in [0.05, 0.1) is 0 Å². The van der Waals surface area contributed by atoms with E-state index in [2.05, 4.69) is 5.32 Å². The van der Waals surface area contributed by atoms with Gasteiger partial charge in [0.25, 0.3) is 0 Å². The second kappa shape index (κ2) is 2.95. The van der Waals surface area contributed by atoms with E-state index < -0.39 is 22.9 Å². The second-order valence-electron chi connectivity index (χ2n) is 2.68. The molecule has 1 rings (SSSR count). The minimum atomic E-state index is -1.15. The summed E-state index contributed by atoms with van der Waals surface area (Å²) in [6.45, 7) is 1.46. The van der Waals surface area contributed by atoms with Gasteiger partial charge in [-0.1, -0.05) is 0 Å². The summed E-state index contributed by atoms with van der Waals surface area (Å²) in [7, 11) is 0. The minimum Gasteiger partial charge on any atom is -0.480 e. The third-order valence-electron chi connectivity index (χ3n) is 1.69. The highest BCUT2D eigenvalue weighted by atomic mass is 32.2. The molecule has 0 radical (unpaired) electrons. The molecule has 0 aliphatic carbocycles. The molecular formula is C6H9NO4S. The summed E-state index contributed by atoms with van der Waals surface area (Å²) < 4.78 is 0. The lowest BCUT2D eigenvalue weighted by Gasteiger charge is -2.17. The first-order valence-electron chi connectivity index (χ1n) is 3.33. The van der Waals surface area contributed by atoms with Crippen molar-refractivity contribution in [2.75, 3.05) is 5.75 Å². The maximum absolute atomic E-state index is 10.6. The zero-order valence-electron chi connectivity index (χ0n) is 6.40. The van der Waals surface area contributed by atoms with E-state index in [0.717, 1.165) is 11.8 Å². The number of nitrogens with one attached hydrogen (secondary N) is 1. The third kappa shape index (κ3) is 1.54. The second-order valence-corrected chi connectivity index (χ2v) is 4.12. The monoisotopic (exact) mass is 191 g/mol. The number of carboxylic acid groups (broad SMARTS) is 2. The molecule has 3 N–H and O–H groups in total. The molecule has 6 heteroatoms. The van der Waals surface area contributed by atoms with Crippen LogP contribution in [0.25, 0.3) is 0 Å². The van der Waals surface area contributed by atoms with Crippen LogP contribution in [-0.2, 0) is 9.59 Å². The van der Waals surface area contributed by atoms with Gasteiger partial charge >= 0.3 is 11.9 Å². The fraction of sp³-hybridized carbons (Fsp3) is 0.667. The van der Waals surface area contributed by atoms with Crippen molar-refractivity contribution in [1.29, 1.82) is 0 Å². The Morgan fingerprint density at radius 1 is 1.58 bits per heavy atom. The Morgan fingerprint density at radius 3 is 2.42 bits per heavy atom. The van der Waals surface area contributed by atoms with Gasteiger partial charge in [-0.25, -0.2) is 4.79 Å². The first-order valence-corrected chi connectivity index (χ1v) is 4.32. The van der Waals surface area contributed by atoms with Crippen LogP contribution in [0.4, 0.5) is 0 Å². The first-order chi connectivity index (χ1) is 5.46. The van der Waals surface area contributed by atoms with Crippen LogP contribution in [0.1, 0.15) is 6.92 Å². The molecule has 1 fully saturated rings. The van der Waals surface area contributed by atoms with E-state index in [1.54, 1.807) is 0 Å². The van der Waals surface area contributed by atoms with Crippen molar-refractivity contribution in [3.63, 3.8) is 0 Å². The van der Waals surface area contributed by atoms with Gasteiger partial charge in [-0.2, -0.15) is 0 Å². The van der Waals surface area contributed by atoms with Crippen molar-refractivity contribution in [2.24, 2.45) is 0 Å². The SMILES string of the molecule is CC1(C(=O)O)NC(C(=O)O)CS1. The number of aliphatic carboxylic acids is 2. The van der Waals surface area contributed by atoms with Gasteiger partial charge in [0.2, 0.25) is 0 Å². The molecule has 2 unspecified atom stereocenters. The van der Waals surface area contributed by atoms with E-state index in [4.69, 9.17) is 10.2 Å². The number of thioether (sulfide) groups is 1. The van der Waals surface area contributed by atoms with Crippen LogP contribution in [0.3, 0.4) is 0 Å². The largest absolute Gasteiger partial charge is 0.480 e. The molecule has 68 valence electrons. The lowest BCUT2D eigenvalue weighted by molar-refractivity contribution is -0.142. The zero-order valence-corrected chi connectivity index (χ0v) is 7.22. The van der Waals surface area contributed by atoms with Crippen molar-refractivity contribution in [1.82, 2.24) is 5.32 Å². The van der Waals surface area contributed by atoms with E-state index in [9.17, 15) is 9.59 Å². The van der Waals surface area contributed by atoms with Gasteiger partial charge in [-0.05, 0) is 6.92 Å². The lowest BCUT2D eigenvalue weighted by atomic mass is 10.2. The van der Waals surface area contributed by atoms with Gasteiger partial charge < -0.3 is 10.2 Å². The highest BCUT2D eigenvalue weighted by Crippen LogP contribution is 2.30. The van der Waals surface area contributed by atoms with Crippen LogP contribution < -0.4 is 5.32 Å². The molecule has 0 aromatic heterocycles. The first kappa shape index (κ1) is 9.34. The number of carboxylic acids is 2. The summed E-state index contributed by atoms with van der Waals surface area (Å²) in [5.41, 5.74) is 0. The van der Waals surface area contributed by atoms with Crippen molar-refractivity contribution in [3.8, 4) is 0 Å². The average molecular weight is 191 g/mol. The van der Waals surface area contributed by atoms with Crippen LogP contribution >= 0.6 is 11.8 Å². The predicted octanol–water partition coefficient (Wildman–Crippen LogP) is -0.423. The molecule has 0 bridgehead atoms. The summed E-state index contributed by atoms with van der Waals surface area (Å²) in [6, 6.07) is -0.754. The van der Waals surface area contributed by atoms with Gasteiger partial charge in [0.1, 0.15) is 6.04 Å². The maximum atomic E-state index is 10.6. The standard InChI is InChI=1S/C6H9NO4S/c1-6(5(10)11)7-3(2-12-6)4(8)9/h3,7H,2H2,1H3,(H,8,9)(H,10,11). The van der Waals surface area contributed by atoms with Crippen LogP contribution in [0.15, 0.2) is 0 Å². The van der Waals surface area contributed by atoms with E-state index in [0.29, 0.717) is 0 Å². The molecule has 0 saturated carbocycles. The molecule has 1 saturated heterocycles. The van der Waals surface area contributed by atoms with E-state index >= 15 is 0 Å². The highest BCUT2D eigenvalue weighted by Gasteiger charge is 2.44. The summed E-state index contributed by atoms with van der Waals surface area (Å²) in [4.78, 5) is 19.9. The van der Waals surface area contributed by atoms with Gasteiger partial charge in [0.15, 0.2) is 4.87 Å². The lowest BCUT2D eigenvalue weighted by Crippen LogP contribution is -2.48. The third-order valence-corrected chi connectivity index (χ3v) is 3.06. The van der Waals surface area contributed by atoms with Crippen molar-refractivity contribution in [3.05, 3.63) is 0 Å². The van der Waals surface area contributed by atoms with Crippen molar-refractivity contribution in [2.45, 2.75) is 17.8 Å². The van der Waals surface area contributed by atoms with Gasteiger partial charge in [-0.3, -0.25) is 10.1 Å². The Balaban J connectivity index is 2.67. The van der Waals surface area contributed by atoms with Gasteiger partial charge in [-0.15, -0.1) is 11.8 Å². The van der Waals surface area contributed by atoms with Crippen molar-refractivity contribution < 1.29 is 19.8 Å². The molecule has 1 aliphatic rings. The number of carbonyl (C=O) groups is 2. The maximum Gasteiger partial charge on any atom is 0.334 e. The van der Waals surface area contributed by atoms with Crippen molar-refractivity contribution >= 4 is 23.7 Å². The van der Waals surface area contributed by atoms with Gasteiger partial charge in [0, 0.05) is 5.75 Å². The molecular weight excluding hydrogens is 182 g/mol. The molecule has 2 atom stereocenters. The highest BCUT2D eigenvalue weighted by molar-refractivity contribution is 8.01. The Hall–Kier alpha value is -0.750. The minimum absolute atomic E-state index is 0.290. The van der Waals surface area contributed by atoms with E-state index in [1.807, 2.05) is 0 Å². The van der Waals surface area contributed by atoms with E-state index in [1.165, 1.54) is 6.92 Å². The van der Waals surface area contributed by atoms with Crippen LogP contribution in [0, 0.1) is 0 Å². The average Bonchev–Trinajstić information content (AvgIpc) is 2.33. The fourth-order valence-corrected chi connectivity index (χ4v) is 2.00. The van der Waals surface area contributed by atoms with E-state index in [-0.39, 0.29) is 5.75 Å². The Bertz CT molecular complexity index is 232. The molecule has 12 heavy (non-hydrogen) atoms. The zero-order chi connectivity index (χ0) is 9.35. The Labute approximate surface area is 73.1 Å². The molecule has 1 aliphatic heterocycles. The molecule has 0 aromatic carbocycles. The molecule has 0 spiro atoms. The molecule has 0 amide bonds. The number of rotatable bonds is 2. The topological polar surface area (TPSA) is 86.6 Å². The molecule has 1 heterocycles.